The molecule has 1 fully saturated rings. The van der Waals surface area contributed by atoms with E-state index in [1.807, 2.05) is 0 Å². The Morgan fingerprint density at radius 2 is 2.11 bits per heavy atom. The number of hydrogen-bond acceptors (Lipinski definition) is 4. The largest absolute Gasteiger partial charge is 0.481 e. The van der Waals surface area contributed by atoms with Crippen molar-refractivity contribution in [1.82, 2.24) is 4.90 Å². The summed E-state index contributed by atoms with van der Waals surface area (Å²) in [6.07, 6.45) is -0.240. The average Bonchev–Trinajstić information content (AvgIpc) is 2.60. The van der Waals surface area contributed by atoms with E-state index in [1.54, 1.807) is 7.05 Å². The van der Waals surface area contributed by atoms with Crippen LogP contribution in [0.5, 0.6) is 0 Å². The topological polar surface area (TPSA) is 70.0 Å². The van der Waals surface area contributed by atoms with Crippen LogP contribution in [0, 0.1) is 5.82 Å². The van der Waals surface area contributed by atoms with Gasteiger partial charge in [0.2, 0.25) is 5.91 Å². The Morgan fingerprint density at radius 3 is 2.68 bits per heavy atom. The summed E-state index contributed by atoms with van der Waals surface area (Å²) in [4.78, 5) is 28.0. The molecule has 1 atom stereocenters. The van der Waals surface area contributed by atoms with Crippen LogP contribution in [0.2, 0.25) is 0 Å². The van der Waals surface area contributed by atoms with Gasteiger partial charge in [-0.25, -0.2) is 9.38 Å². The van der Waals surface area contributed by atoms with Crippen molar-refractivity contribution in [2.45, 2.75) is 11.7 Å². The third-order valence-electron chi connectivity index (χ3n) is 2.55. The second kappa shape index (κ2) is 5.40. The minimum absolute atomic E-state index is 0.240. The first-order valence-electron chi connectivity index (χ1n) is 5.47. The van der Waals surface area contributed by atoms with Gasteiger partial charge in [-0.05, 0) is 24.3 Å². The Bertz CT molecular complexity index is 544. The highest BCUT2D eigenvalue weighted by Gasteiger charge is 2.36. The van der Waals surface area contributed by atoms with Crippen LogP contribution in [0.15, 0.2) is 29.3 Å². The van der Waals surface area contributed by atoms with Gasteiger partial charge in [-0.15, -0.1) is 0 Å². The third kappa shape index (κ3) is 3.11. The lowest BCUT2D eigenvalue weighted by molar-refractivity contribution is -0.139. The van der Waals surface area contributed by atoms with Gasteiger partial charge in [-0.2, -0.15) is 0 Å². The maximum Gasteiger partial charge on any atom is 0.305 e. The second-order valence-corrected chi connectivity index (χ2v) is 5.14. The molecule has 0 spiro atoms. The second-order valence-electron chi connectivity index (χ2n) is 3.97. The summed E-state index contributed by atoms with van der Waals surface area (Å²) >= 11 is 1.11. The van der Waals surface area contributed by atoms with Crippen LogP contribution in [0.25, 0.3) is 0 Å². The first kappa shape index (κ1) is 13.5. The number of halogens is 1. The molecule has 1 amide bonds. The number of amides is 1. The van der Waals surface area contributed by atoms with Gasteiger partial charge in [0.05, 0.1) is 12.1 Å². The summed E-state index contributed by atoms with van der Waals surface area (Å²) in [6, 6.07) is 5.53. The Labute approximate surface area is 113 Å². The summed E-state index contributed by atoms with van der Waals surface area (Å²) in [6.45, 7) is 0. The summed E-state index contributed by atoms with van der Waals surface area (Å²) in [7, 11) is 1.54. The van der Waals surface area contributed by atoms with Gasteiger partial charge < -0.3 is 5.11 Å². The highest BCUT2D eigenvalue weighted by Crippen LogP contribution is 2.30. The van der Waals surface area contributed by atoms with Crippen molar-refractivity contribution in [2.24, 2.45) is 4.99 Å². The highest BCUT2D eigenvalue weighted by atomic mass is 32.2. The minimum atomic E-state index is -1.03. The lowest BCUT2D eigenvalue weighted by Crippen LogP contribution is -2.28. The summed E-state index contributed by atoms with van der Waals surface area (Å²) in [5, 5.41) is 8.49. The third-order valence-corrected chi connectivity index (χ3v) is 3.78. The summed E-state index contributed by atoms with van der Waals surface area (Å²) in [5.74, 6) is -1.67. The van der Waals surface area contributed by atoms with E-state index in [0.717, 1.165) is 11.8 Å². The number of nitrogens with zero attached hydrogens (tertiary/aromatic N) is 2. The molecule has 19 heavy (non-hydrogen) atoms. The molecule has 0 unspecified atom stereocenters. The standard InChI is InChI=1S/C12H11FN2O3S/c1-15-11(18)9(6-10(16)17)19-12(15)14-8-4-2-7(13)3-5-8/h2-5,9H,6H2,1H3,(H,16,17)/t9-/m0/s1. The predicted molar refractivity (Wildman–Crippen MR) is 69.9 cm³/mol. The van der Waals surface area contributed by atoms with Crippen molar-refractivity contribution in [3.63, 3.8) is 0 Å². The zero-order valence-electron chi connectivity index (χ0n) is 10.0. The van der Waals surface area contributed by atoms with Crippen LogP contribution < -0.4 is 0 Å². The fourth-order valence-electron chi connectivity index (χ4n) is 1.58. The molecule has 0 radical (unpaired) electrons. The number of thioether (sulfide) groups is 1. The van der Waals surface area contributed by atoms with Crippen LogP contribution in [-0.4, -0.2) is 39.3 Å². The van der Waals surface area contributed by atoms with Gasteiger partial charge >= 0.3 is 5.97 Å². The first-order chi connectivity index (χ1) is 8.97. The van der Waals surface area contributed by atoms with E-state index in [4.69, 9.17) is 5.11 Å². The molecule has 2 rings (SSSR count). The molecular formula is C12H11FN2O3S. The maximum atomic E-state index is 12.8. The molecule has 1 N–H and O–H groups in total. The Morgan fingerprint density at radius 1 is 1.47 bits per heavy atom. The number of carbonyl (C=O) groups excluding carboxylic acids is 1. The predicted octanol–water partition coefficient (Wildman–Crippen LogP) is 1.86. The highest BCUT2D eigenvalue weighted by molar-refractivity contribution is 8.15. The smallest absolute Gasteiger partial charge is 0.305 e. The van der Waals surface area contributed by atoms with Crippen LogP contribution >= 0.6 is 11.8 Å². The normalized spacial score (nSPS) is 21.2. The van der Waals surface area contributed by atoms with Crippen molar-refractivity contribution in [1.29, 1.82) is 0 Å². The van der Waals surface area contributed by atoms with Crippen molar-refractivity contribution in [3.8, 4) is 0 Å². The van der Waals surface area contributed by atoms with E-state index in [-0.39, 0.29) is 18.1 Å². The molecule has 0 saturated carbocycles. The molecule has 100 valence electrons. The number of aliphatic imine (C=N–C) groups is 1. The molecule has 7 heteroatoms. The van der Waals surface area contributed by atoms with Gasteiger partial charge in [-0.3, -0.25) is 14.5 Å². The number of carboxylic acids is 1. The Kier molecular flexibility index (Phi) is 3.84. The van der Waals surface area contributed by atoms with Gasteiger partial charge in [0, 0.05) is 7.05 Å². The van der Waals surface area contributed by atoms with Crippen LogP contribution in [0.1, 0.15) is 6.42 Å². The lowest BCUT2D eigenvalue weighted by Gasteiger charge is -2.08. The zero-order valence-corrected chi connectivity index (χ0v) is 10.9. The molecule has 0 aliphatic carbocycles. The fourth-order valence-corrected chi connectivity index (χ4v) is 2.73. The lowest BCUT2D eigenvalue weighted by atomic mass is 10.3. The molecule has 1 aromatic carbocycles. The first-order valence-corrected chi connectivity index (χ1v) is 6.35. The number of amidine groups is 1. The van der Waals surface area contributed by atoms with Crippen molar-refractivity contribution >= 4 is 34.5 Å². The van der Waals surface area contributed by atoms with Crippen LogP contribution in [0.3, 0.4) is 0 Å². The number of rotatable bonds is 3. The molecule has 1 heterocycles. The van der Waals surface area contributed by atoms with E-state index in [2.05, 4.69) is 4.99 Å². The monoisotopic (exact) mass is 282 g/mol. The molecule has 1 saturated heterocycles. The van der Waals surface area contributed by atoms with Gasteiger partial charge in [0.25, 0.3) is 0 Å². The molecule has 1 aromatic rings. The molecule has 0 bridgehead atoms. The minimum Gasteiger partial charge on any atom is -0.481 e. The Balaban J connectivity index is 2.19. The molecular weight excluding hydrogens is 271 g/mol. The maximum absolute atomic E-state index is 12.8. The van der Waals surface area contributed by atoms with Crippen molar-refractivity contribution in [3.05, 3.63) is 30.1 Å². The van der Waals surface area contributed by atoms with Crippen molar-refractivity contribution < 1.29 is 19.1 Å². The molecule has 1 aliphatic heterocycles. The van der Waals surface area contributed by atoms with Crippen LogP contribution in [0.4, 0.5) is 10.1 Å². The van der Waals surface area contributed by atoms with Gasteiger partial charge in [0.1, 0.15) is 11.1 Å². The quantitative estimate of drug-likeness (QED) is 0.918. The van der Waals surface area contributed by atoms with E-state index < -0.39 is 11.2 Å². The van der Waals surface area contributed by atoms with Crippen molar-refractivity contribution in [2.75, 3.05) is 7.05 Å². The average molecular weight is 282 g/mol. The number of hydrogen-bond donors (Lipinski definition) is 1. The number of carboxylic acid groups (broad SMARTS) is 1. The summed E-state index contributed by atoms with van der Waals surface area (Å²) in [5.41, 5.74) is 0.513. The molecule has 0 aromatic heterocycles. The van der Waals surface area contributed by atoms with E-state index >= 15 is 0 Å². The molecule has 1 aliphatic rings. The number of carbonyl (C=O) groups is 2. The number of aliphatic carboxylic acids is 1. The SMILES string of the molecule is CN1C(=O)[C@H](CC(=O)O)SC1=Nc1ccc(F)cc1. The number of benzene rings is 1. The Hall–Kier alpha value is -1.89. The summed E-state index contributed by atoms with van der Waals surface area (Å²) < 4.78 is 12.8. The fraction of sp³-hybridized carbons (Fsp3) is 0.250. The molecule has 5 nitrogen and oxygen atoms in total. The van der Waals surface area contributed by atoms with Crippen LogP contribution in [-0.2, 0) is 9.59 Å². The van der Waals surface area contributed by atoms with E-state index in [1.165, 1.54) is 29.2 Å². The van der Waals surface area contributed by atoms with Gasteiger partial charge in [0.15, 0.2) is 5.17 Å². The van der Waals surface area contributed by atoms with E-state index in [0.29, 0.717) is 10.9 Å². The zero-order chi connectivity index (χ0) is 14.0. The van der Waals surface area contributed by atoms with Gasteiger partial charge in [-0.1, -0.05) is 11.8 Å². The van der Waals surface area contributed by atoms with E-state index in [9.17, 15) is 14.0 Å².